The molecule has 136 valence electrons. The van der Waals surface area contributed by atoms with Gasteiger partial charge in [0, 0.05) is 34.0 Å². The van der Waals surface area contributed by atoms with Crippen molar-refractivity contribution in [2.45, 2.75) is 40.2 Å². The van der Waals surface area contributed by atoms with Crippen molar-refractivity contribution in [3.63, 3.8) is 0 Å². The topological polar surface area (TPSA) is 15.6 Å². The van der Waals surface area contributed by atoms with Gasteiger partial charge in [-0.3, -0.25) is 4.99 Å². The lowest BCUT2D eigenvalue weighted by Crippen LogP contribution is -2.44. The zero-order chi connectivity index (χ0) is 19.1. The van der Waals surface area contributed by atoms with E-state index in [-0.39, 0.29) is 5.54 Å². The molecule has 0 bridgehead atoms. The number of rotatable bonds is 3. The smallest absolute Gasteiger partial charge is 0.0772 e. The molecule has 0 fully saturated rings. The molecule has 2 aromatic rings. The van der Waals surface area contributed by atoms with Crippen LogP contribution in [0.15, 0.2) is 45.9 Å². The van der Waals surface area contributed by atoms with Crippen LogP contribution in [0.25, 0.3) is 5.57 Å². The lowest BCUT2D eigenvalue weighted by molar-refractivity contribution is 0.566. The van der Waals surface area contributed by atoms with Gasteiger partial charge in [-0.1, -0.05) is 23.7 Å². The summed E-state index contributed by atoms with van der Waals surface area (Å²) in [5, 5.41) is 0.722. The Morgan fingerprint density at radius 2 is 1.92 bits per heavy atom. The van der Waals surface area contributed by atoms with Crippen LogP contribution in [0.4, 0.5) is 11.4 Å². The van der Waals surface area contributed by atoms with E-state index in [0.29, 0.717) is 0 Å². The van der Waals surface area contributed by atoms with Gasteiger partial charge in [0.05, 0.1) is 16.2 Å². The van der Waals surface area contributed by atoms with E-state index in [4.69, 9.17) is 11.6 Å². The summed E-state index contributed by atoms with van der Waals surface area (Å²) in [6.07, 6.45) is 4.17. The van der Waals surface area contributed by atoms with Gasteiger partial charge >= 0.3 is 0 Å². The maximum Gasteiger partial charge on any atom is 0.0772 e. The number of halogens is 2. The zero-order valence-electron chi connectivity index (χ0n) is 15.9. The van der Waals surface area contributed by atoms with Crippen LogP contribution in [-0.4, -0.2) is 18.3 Å². The Balaban J connectivity index is 2.04. The third-order valence-electron chi connectivity index (χ3n) is 4.86. The van der Waals surface area contributed by atoms with Crippen molar-refractivity contribution in [3.8, 4) is 0 Å². The van der Waals surface area contributed by atoms with Crippen molar-refractivity contribution in [2.24, 2.45) is 4.99 Å². The second kappa shape index (κ2) is 7.21. The van der Waals surface area contributed by atoms with Crippen molar-refractivity contribution >= 4 is 50.7 Å². The fraction of sp³-hybridized carbons (Fsp3) is 0.318. The molecule has 0 atom stereocenters. The summed E-state index contributed by atoms with van der Waals surface area (Å²) in [7, 11) is 0. The molecule has 0 aromatic heterocycles. The van der Waals surface area contributed by atoms with E-state index in [9.17, 15) is 0 Å². The summed E-state index contributed by atoms with van der Waals surface area (Å²) < 4.78 is 0.984. The molecule has 0 N–H and O–H groups in total. The van der Waals surface area contributed by atoms with Crippen LogP contribution in [0.5, 0.6) is 0 Å². The average molecular weight is 432 g/mol. The third-order valence-corrected chi connectivity index (χ3v) is 5.82. The predicted molar refractivity (Wildman–Crippen MR) is 118 cm³/mol. The second-order valence-electron chi connectivity index (χ2n) is 7.33. The molecule has 26 heavy (non-hydrogen) atoms. The first kappa shape index (κ1) is 19.2. The molecule has 0 aliphatic carbocycles. The van der Waals surface area contributed by atoms with Gasteiger partial charge in [-0.25, -0.2) is 0 Å². The number of aryl methyl sites for hydroxylation is 1. The van der Waals surface area contributed by atoms with Gasteiger partial charge < -0.3 is 4.90 Å². The van der Waals surface area contributed by atoms with Crippen molar-refractivity contribution in [1.29, 1.82) is 0 Å². The molecular formula is C22H24BrClN2. The van der Waals surface area contributed by atoms with Crippen LogP contribution >= 0.6 is 27.5 Å². The standard InChI is InChI=1S/C22H24BrClN2/c1-6-26-21-11-19(24)16(10-17(21)15(3)12-22(26,4)5)13-25-20-8-7-14(2)9-18(20)23/h7-13H,6H2,1-5H3. The van der Waals surface area contributed by atoms with Crippen molar-refractivity contribution in [1.82, 2.24) is 0 Å². The number of allylic oxidation sites excluding steroid dienone is 1. The zero-order valence-corrected chi connectivity index (χ0v) is 18.2. The Morgan fingerprint density at radius 1 is 1.19 bits per heavy atom. The largest absolute Gasteiger partial charge is 0.363 e. The molecule has 3 rings (SSSR count). The highest BCUT2D eigenvalue weighted by Gasteiger charge is 2.30. The minimum atomic E-state index is -0.0163. The Kier molecular flexibility index (Phi) is 5.32. The SMILES string of the molecule is CCN1c2cc(Cl)c(C=Nc3ccc(C)cc3Br)cc2C(C)=CC1(C)C. The van der Waals surface area contributed by atoms with Gasteiger partial charge in [-0.15, -0.1) is 0 Å². The van der Waals surface area contributed by atoms with E-state index in [2.05, 4.69) is 90.8 Å². The molecule has 0 saturated carbocycles. The molecule has 1 aliphatic rings. The lowest BCUT2D eigenvalue weighted by atomic mass is 9.88. The average Bonchev–Trinajstić information content (AvgIpc) is 2.54. The normalized spacial score (nSPS) is 16.0. The number of likely N-dealkylation sites (N-methyl/N-ethyl adjacent to an activating group) is 1. The molecule has 0 amide bonds. The number of hydrogen-bond acceptors (Lipinski definition) is 2. The van der Waals surface area contributed by atoms with Gasteiger partial charge in [0.15, 0.2) is 0 Å². The molecule has 1 heterocycles. The van der Waals surface area contributed by atoms with Gasteiger partial charge in [0.2, 0.25) is 0 Å². The number of aliphatic imine (C=N–C) groups is 1. The third kappa shape index (κ3) is 3.60. The van der Waals surface area contributed by atoms with Crippen molar-refractivity contribution in [3.05, 3.63) is 62.6 Å². The number of nitrogens with zero attached hydrogens (tertiary/aromatic N) is 2. The first-order chi connectivity index (χ1) is 12.2. The first-order valence-corrected chi connectivity index (χ1v) is 10.0. The quantitative estimate of drug-likeness (QED) is 0.470. The highest BCUT2D eigenvalue weighted by atomic mass is 79.9. The van der Waals surface area contributed by atoms with Crippen LogP contribution in [0.3, 0.4) is 0 Å². The fourth-order valence-corrected chi connectivity index (χ4v) is 4.45. The molecule has 0 radical (unpaired) electrons. The van der Waals surface area contributed by atoms with Crippen LogP contribution < -0.4 is 4.90 Å². The molecule has 4 heteroatoms. The van der Waals surface area contributed by atoms with Crippen LogP contribution in [0.1, 0.15) is 44.4 Å². The molecule has 0 unspecified atom stereocenters. The predicted octanol–water partition coefficient (Wildman–Crippen LogP) is 7.18. The Bertz CT molecular complexity index is 913. The minimum Gasteiger partial charge on any atom is -0.363 e. The second-order valence-corrected chi connectivity index (χ2v) is 8.59. The molecule has 2 nitrogen and oxygen atoms in total. The van der Waals surface area contributed by atoms with Crippen LogP contribution in [0.2, 0.25) is 5.02 Å². The summed E-state index contributed by atoms with van der Waals surface area (Å²) in [5.74, 6) is 0. The molecule has 1 aliphatic heterocycles. The summed E-state index contributed by atoms with van der Waals surface area (Å²) in [4.78, 5) is 7.02. The Hall–Kier alpha value is -1.58. The molecule has 2 aromatic carbocycles. The van der Waals surface area contributed by atoms with E-state index >= 15 is 0 Å². The fourth-order valence-electron chi connectivity index (χ4n) is 3.65. The minimum absolute atomic E-state index is 0.0163. The maximum atomic E-state index is 6.61. The number of benzene rings is 2. The van der Waals surface area contributed by atoms with E-state index in [0.717, 1.165) is 27.3 Å². The van der Waals surface area contributed by atoms with Gasteiger partial charge in [0.1, 0.15) is 0 Å². The van der Waals surface area contributed by atoms with E-state index < -0.39 is 0 Å². The summed E-state index contributed by atoms with van der Waals surface area (Å²) in [5.41, 5.74) is 6.70. The first-order valence-electron chi connectivity index (χ1n) is 8.84. The number of anilines is 1. The summed E-state index contributed by atoms with van der Waals surface area (Å²) in [6.45, 7) is 11.8. The van der Waals surface area contributed by atoms with Gasteiger partial charge in [0.25, 0.3) is 0 Å². The van der Waals surface area contributed by atoms with Crippen LogP contribution in [-0.2, 0) is 0 Å². The highest BCUT2D eigenvalue weighted by Crippen LogP contribution is 2.41. The Morgan fingerprint density at radius 3 is 2.58 bits per heavy atom. The maximum absolute atomic E-state index is 6.61. The highest BCUT2D eigenvalue weighted by molar-refractivity contribution is 9.10. The lowest BCUT2D eigenvalue weighted by Gasteiger charge is -2.43. The number of hydrogen-bond donors (Lipinski definition) is 0. The Labute approximate surface area is 169 Å². The molecular weight excluding hydrogens is 408 g/mol. The number of fused-ring (bicyclic) bond motifs is 1. The molecule has 0 spiro atoms. The van der Waals surface area contributed by atoms with Crippen molar-refractivity contribution < 1.29 is 0 Å². The summed E-state index contributed by atoms with van der Waals surface area (Å²) in [6, 6.07) is 10.3. The van der Waals surface area contributed by atoms with E-state index in [1.807, 2.05) is 12.3 Å². The van der Waals surface area contributed by atoms with E-state index in [1.165, 1.54) is 22.4 Å². The van der Waals surface area contributed by atoms with Gasteiger partial charge in [-0.05, 0) is 86.0 Å². The monoisotopic (exact) mass is 430 g/mol. The van der Waals surface area contributed by atoms with Crippen molar-refractivity contribution in [2.75, 3.05) is 11.4 Å². The van der Waals surface area contributed by atoms with E-state index in [1.54, 1.807) is 0 Å². The molecule has 0 saturated heterocycles. The summed E-state index contributed by atoms with van der Waals surface area (Å²) >= 11 is 10.2. The van der Waals surface area contributed by atoms with Gasteiger partial charge in [-0.2, -0.15) is 0 Å². The van der Waals surface area contributed by atoms with Crippen LogP contribution in [0, 0.1) is 6.92 Å².